The van der Waals surface area contributed by atoms with E-state index < -0.39 is 6.04 Å². The van der Waals surface area contributed by atoms with Crippen LogP contribution in [-0.4, -0.2) is 49.6 Å². The van der Waals surface area contributed by atoms with Gasteiger partial charge >= 0.3 is 0 Å². The zero-order chi connectivity index (χ0) is 23.8. The number of nitrogens with one attached hydrogen (secondary N) is 1. The molecule has 7 nitrogen and oxygen atoms in total. The van der Waals surface area contributed by atoms with E-state index in [0.717, 1.165) is 31.2 Å². The molecule has 0 aromatic heterocycles. The summed E-state index contributed by atoms with van der Waals surface area (Å²) < 4.78 is 16.3. The number of nitrogens with zero attached hydrogens (tertiary/aromatic N) is 1. The van der Waals surface area contributed by atoms with Gasteiger partial charge in [-0.05, 0) is 37.5 Å². The van der Waals surface area contributed by atoms with Gasteiger partial charge in [0.15, 0.2) is 6.61 Å². The number of halogens is 1. The van der Waals surface area contributed by atoms with Gasteiger partial charge in [-0.1, -0.05) is 36.6 Å². The molecule has 2 aromatic carbocycles. The molecule has 1 N–H and O–H groups in total. The lowest BCUT2D eigenvalue weighted by atomic mass is 10.1. The molecule has 8 heteroatoms. The van der Waals surface area contributed by atoms with E-state index in [1.165, 1.54) is 4.90 Å². The summed E-state index contributed by atoms with van der Waals surface area (Å²) in [6.07, 6.45) is 4.18. The molecular weight excluding hydrogens is 444 g/mol. The van der Waals surface area contributed by atoms with Crippen LogP contribution in [0, 0.1) is 0 Å². The standard InChI is InChI=1S/C25H31ClN2O5/c1-17(25(30)27-20-6-4-5-7-20)28(15-18-8-10-19(26)11-9-18)24(29)16-33-23-13-21(31-2)12-22(14-23)32-3/h8-14,17,20H,4-7,15-16H2,1-3H3,(H,27,30). The van der Waals surface area contributed by atoms with E-state index in [1.54, 1.807) is 51.5 Å². The van der Waals surface area contributed by atoms with Crippen LogP contribution in [0.15, 0.2) is 42.5 Å². The lowest BCUT2D eigenvalue weighted by Gasteiger charge is -2.29. The van der Waals surface area contributed by atoms with Crippen molar-refractivity contribution in [3.05, 3.63) is 53.1 Å². The van der Waals surface area contributed by atoms with Gasteiger partial charge in [0, 0.05) is 35.8 Å². The lowest BCUT2D eigenvalue weighted by Crippen LogP contribution is -2.50. The molecule has 0 aliphatic heterocycles. The Bertz CT molecular complexity index is 922. The SMILES string of the molecule is COc1cc(OC)cc(OCC(=O)N(Cc2ccc(Cl)cc2)C(C)C(=O)NC2CCCC2)c1. The van der Waals surface area contributed by atoms with Crippen molar-refractivity contribution < 1.29 is 23.8 Å². The molecule has 1 fully saturated rings. The van der Waals surface area contributed by atoms with Crippen LogP contribution in [0.5, 0.6) is 17.2 Å². The smallest absolute Gasteiger partial charge is 0.261 e. The van der Waals surface area contributed by atoms with E-state index in [-0.39, 0.29) is 31.0 Å². The average Bonchev–Trinajstić information content (AvgIpc) is 3.34. The van der Waals surface area contributed by atoms with Gasteiger partial charge < -0.3 is 24.4 Å². The quantitative estimate of drug-likeness (QED) is 0.558. The van der Waals surface area contributed by atoms with Gasteiger partial charge in [0.2, 0.25) is 5.91 Å². The molecule has 1 aliphatic carbocycles. The summed E-state index contributed by atoms with van der Waals surface area (Å²) >= 11 is 6.00. The van der Waals surface area contributed by atoms with E-state index in [9.17, 15) is 9.59 Å². The normalized spacial score (nSPS) is 14.4. The molecule has 0 saturated heterocycles. The summed E-state index contributed by atoms with van der Waals surface area (Å²) in [7, 11) is 3.09. The molecule has 1 aliphatic rings. The van der Waals surface area contributed by atoms with Crippen LogP contribution in [0.4, 0.5) is 0 Å². The maximum absolute atomic E-state index is 13.2. The summed E-state index contributed by atoms with van der Waals surface area (Å²) in [6.45, 7) is 1.78. The second-order valence-corrected chi connectivity index (χ2v) is 8.59. The zero-order valence-corrected chi connectivity index (χ0v) is 20.1. The van der Waals surface area contributed by atoms with Crippen LogP contribution in [0.1, 0.15) is 38.2 Å². The van der Waals surface area contributed by atoms with E-state index in [4.69, 9.17) is 25.8 Å². The van der Waals surface area contributed by atoms with Crippen LogP contribution in [0.2, 0.25) is 5.02 Å². The second kappa shape index (κ2) is 11.8. The minimum absolute atomic E-state index is 0.160. The molecule has 2 amide bonds. The van der Waals surface area contributed by atoms with Gasteiger partial charge in [-0.3, -0.25) is 9.59 Å². The van der Waals surface area contributed by atoms with Crippen LogP contribution < -0.4 is 19.5 Å². The third kappa shape index (κ3) is 7.02. The maximum Gasteiger partial charge on any atom is 0.261 e. The van der Waals surface area contributed by atoms with Crippen LogP contribution >= 0.6 is 11.6 Å². The zero-order valence-electron chi connectivity index (χ0n) is 19.3. The summed E-state index contributed by atoms with van der Waals surface area (Å²) in [5.74, 6) is 1.08. The first-order chi connectivity index (χ1) is 15.9. The first-order valence-electron chi connectivity index (χ1n) is 11.1. The Morgan fingerprint density at radius 2 is 1.61 bits per heavy atom. The number of methoxy groups -OCH3 is 2. The largest absolute Gasteiger partial charge is 0.496 e. The number of ether oxygens (including phenoxy) is 3. The molecule has 0 spiro atoms. The van der Waals surface area contributed by atoms with Crippen molar-refractivity contribution in [1.82, 2.24) is 10.2 Å². The first kappa shape index (κ1) is 24.7. The van der Waals surface area contributed by atoms with Crippen molar-refractivity contribution in [3.8, 4) is 17.2 Å². The first-order valence-corrected chi connectivity index (χ1v) is 11.5. The molecule has 178 valence electrons. The van der Waals surface area contributed by atoms with E-state index in [0.29, 0.717) is 22.3 Å². The Labute approximate surface area is 200 Å². The molecule has 1 saturated carbocycles. The average molecular weight is 475 g/mol. The number of hydrogen-bond acceptors (Lipinski definition) is 5. The molecule has 2 aromatic rings. The van der Waals surface area contributed by atoms with Crippen molar-refractivity contribution in [1.29, 1.82) is 0 Å². The van der Waals surface area contributed by atoms with Gasteiger partial charge in [-0.25, -0.2) is 0 Å². The molecular formula is C25H31ClN2O5. The Hall–Kier alpha value is -2.93. The Balaban J connectivity index is 1.73. The fourth-order valence-corrected chi connectivity index (χ4v) is 3.98. The fourth-order valence-electron chi connectivity index (χ4n) is 3.85. The second-order valence-electron chi connectivity index (χ2n) is 8.15. The van der Waals surface area contributed by atoms with Crippen molar-refractivity contribution in [2.75, 3.05) is 20.8 Å². The molecule has 0 radical (unpaired) electrons. The van der Waals surface area contributed by atoms with Gasteiger partial charge in [0.05, 0.1) is 14.2 Å². The summed E-state index contributed by atoms with van der Waals surface area (Å²) in [4.78, 5) is 27.7. The highest BCUT2D eigenvalue weighted by Gasteiger charge is 2.28. The van der Waals surface area contributed by atoms with Crippen LogP contribution in [0.3, 0.4) is 0 Å². The van der Waals surface area contributed by atoms with Crippen LogP contribution in [-0.2, 0) is 16.1 Å². The monoisotopic (exact) mass is 474 g/mol. The molecule has 3 rings (SSSR count). The Kier molecular flexibility index (Phi) is 8.83. The van der Waals surface area contributed by atoms with E-state index >= 15 is 0 Å². The number of carbonyl (C=O) groups excluding carboxylic acids is 2. The molecule has 1 atom stereocenters. The molecule has 0 heterocycles. The highest BCUT2D eigenvalue weighted by atomic mass is 35.5. The maximum atomic E-state index is 13.2. The molecule has 33 heavy (non-hydrogen) atoms. The Morgan fingerprint density at radius 1 is 1.03 bits per heavy atom. The van der Waals surface area contributed by atoms with Crippen molar-refractivity contribution in [3.63, 3.8) is 0 Å². The Morgan fingerprint density at radius 3 is 2.18 bits per heavy atom. The summed E-state index contributed by atoms with van der Waals surface area (Å²) in [6, 6.07) is 11.8. The number of hydrogen-bond donors (Lipinski definition) is 1. The predicted molar refractivity (Wildman–Crippen MR) is 127 cm³/mol. The third-order valence-corrected chi connectivity index (χ3v) is 6.07. The van der Waals surface area contributed by atoms with Gasteiger partial charge in [0.1, 0.15) is 23.3 Å². The highest BCUT2D eigenvalue weighted by molar-refractivity contribution is 6.30. The van der Waals surface area contributed by atoms with E-state index in [2.05, 4.69) is 5.32 Å². The van der Waals surface area contributed by atoms with Crippen LogP contribution in [0.25, 0.3) is 0 Å². The van der Waals surface area contributed by atoms with Gasteiger partial charge in [-0.15, -0.1) is 0 Å². The van der Waals surface area contributed by atoms with Gasteiger partial charge in [0.25, 0.3) is 5.91 Å². The van der Waals surface area contributed by atoms with Crippen molar-refractivity contribution in [2.24, 2.45) is 0 Å². The molecule has 1 unspecified atom stereocenters. The minimum atomic E-state index is -0.655. The predicted octanol–water partition coefficient (Wildman–Crippen LogP) is 4.21. The summed E-state index contributed by atoms with van der Waals surface area (Å²) in [5, 5.41) is 3.70. The lowest BCUT2D eigenvalue weighted by molar-refractivity contribution is -0.142. The highest BCUT2D eigenvalue weighted by Crippen LogP contribution is 2.27. The third-order valence-electron chi connectivity index (χ3n) is 5.82. The minimum Gasteiger partial charge on any atom is -0.496 e. The van der Waals surface area contributed by atoms with E-state index in [1.807, 2.05) is 12.1 Å². The topological polar surface area (TPSA) is 77.1 Å². The number of carbonyl (C=O) groups is 2. The van der Waals surface area contributed by atoms with Gasteiger partial charge in [-0.2, -0.15) is 0 Å². The summed E-state index contributed by atoms with van der Waals surface area (Å²) in [5.41, 5.74) is 0.872. The van der Waals surface area contributed by atoms with Crippen molar-refractivity contribution >= 4 is 23.4 Å². The fraction of sp³-hybridized carbons (Fsp3) is 0.440. The van der Waals surface area contributed by atoms with Crippen molar-refractivity contribution in [2.45, 2.75) is 51.2 Å². The number of benzene rings is 2. The number of amides is 2. The molecule has 0 bridgehead atoms. The number of rotatable bonds is 10.